The van der Waals surface area contributed by atoms with Crippen molar-refractivity contribution in [2.75, 3.05) is 13.1 Å². The Morgan fingerprint density at radius 3 is 2.46 bits per heavy atom. The largest absolute Gasteiger partial charge is 0.369 e. The van der Waals surface area contributed by atoms with Crippen LogP contribution in [0.2, 0.25) is 0 Å². The van der Waals surface area contributed by atoms with E-state index in [4.69, 9.17) is 5.73 Å². The number of likely N-dealkylation sites (tertiary alicyclic amines) is 2. The van der Waals surface area contributed by atoms with Gasteiger partial charge in [-0.05, 0) is 25.7 Å². The van der Waals surface area contributed by atoms with Crippen molar-refractivity contribution in [3.05, 3.63) is 0 Å². The van der Waals surface area contributed by atoms with Gasteiger partial charge in [-0.1, -0.05) is 26.2 Å². The fourth-order valence-corrected chi connectivity index (χ4v) is 4.60. The number of rotatable bonds is 5. The predicted molar refractivity (Wildman–Crippen MR) is 94.8 cm³/mol. The summed E-state index contributed by atoms with van der Waals surface area (Å²) in [6.45, 7) is 2.33. The summed E-state index contributed by atoms with van der Waals surface area (Å²) in [6, 6.07) is -0.673. The summed E-state index contributed by atoms with van der Waals surface area (Å²) in [5.74, 6) is -0.795. The zero-order chi connectivity index (χ0) is 18.8. The smallest absolute Gasteiger partial charge is 0.226 e. The minimum atomic E-state index is -0.501. The lowest BCUT2D eigenvalue weighted by Crippen LogP contribution is -2.44. The van der Waals surface area contributed by atoms with Crippen LogP contribution in [0.25, 0.3) is 0 Å². The average Bonchev–Trinajstić information content (AvgIpc) is 3.21. The Bertz CT molecular complexity index is 600. The molecule has 7 heteroatoms. The Kier molecular flexibility index (Phi) is 5.63. The predicted octanol–water partition coefficient (Wildman–Crippen LogP) is 0.849. The van der Waals surface area contributed by atoms with Crippen LogP contribution in [-0.4, -0.2) is 58.5 Å². The first kappa shape index (κ1) is 18.9. The molecular weight excluding hydrogens is 334 g/mol. The molecule has 2 saturated heterocycles. The van der Waals surface area contributed by atoms with Crippen LogP contribution >= 0.6 is 0 Å². The van der Waals surface area contributed by atoms with E-state index in [0.717, 1.165) is 25.7 Å². The molecule has 2 heterocycles. The molecule has 7 nitrogen and oxygen atoms in total. The first-order valence-electron chi connectivity index (χ1n) is 9.82. The van der Waals surface area contributed by atoms with E-state index in [9.17, 15) is 19.2 Å². The number of primary amides is 1. The number of Topliss-reactive ketones (excluding diaryl/α,β-unsaturated/α-hetero) is 1. The maximum absolute atomic E-state index is 12.9. The van der Waals surface area contributed by atoms with E-state index in [1.807, 2.05) is 0 Å². The summed E-state index contributed by atoms with van der Waals surface area (Å²) < 4.78 is 0. The Morgan fingerprint density at radius 1 is 1.12 bits per heavy atom. The number of amides is 3. The SMILES string of the molecule is CC(CCC(=O)N1CCC2C1C(=O)CN2C(=O)C1CCCCC1)C(N)=O. The molecule has 26 heavy (non-hydrogen) atoms. The summed E-state index contributed by atoms with van der Waals surface area (Å²) in [6.07, 6.45) is 6.41. The highest BCUT2D eigenvalue weighted by Crippen LogP contribution is 2.34. The van der Waals surface area contributed by atoms with Crippen molar-refractivity contribution >= 4 is 23.5 Å². The standard InChI is InChI=1S/C19H29N3O4/c1-12(18(20)25)7-8-16(24)21-10-9-14-17(21)15(23)11-22(14)19(26)13-5-3-2-4-6-13/h12-14,17H,2-11H2,1H3,(H2,20,25). The number of hydrogen-bond donors (Lipinski definition) is 1. The van der Waals surface area contributed by atoms with Crippen molar-refractivity contribution in [1.29, 1.82) is 0 Å². The first-order valence-corrected chi connectivity index (χ1v) is 9.82. The summed E-state index contributed by atoms with van der Waals surface area (Å²) in [4.78, 5) is 52.5. The Morgan fingerprint density at radius 2 is 1.81 bits per heavy atom. The highest BCUT2D eigenvalue weighted by atomic mass is 16.2. The van der Waals surface area contributed by atoms with Gasteiger partial charge >= 0.3 is 0 Å². The van der Waals surface area contributed by atoms with E-state index in [2.05, 4.69) is 0 Å². The number of hydrogen-bond acceptors (Lipinski definition) is 4. The fourth-order valence-electron chi connectivity index (χ4n) is 4.60. The van der Waals surface area contributed by atoms with Crippen molar-refractivity contribution in [2.45, 2.75) is 70.4 Å². The summed E-state index contributed by atoms with van der Waals surface area (Å²) >= 11 is 0. The van der Waals surface area contributed by atoms with Crippen molar-refractivity contribution in [3.63, 3.8) is 0 Å². The molecule has 0 aromatic rings. The molecule has 3 aliphatic rings. The van der Waals surface area contributed by atoms with Crippen LogP contribution in [0.5, 0.6) is 0 Å². The zero-order valence-electron chi connectivity index (χ0n) is 15.5. The number of nitrogens with two attached hydrogens (primary N) is 1. The number of carbonyl (C=O) groups is 4. The Balaban J connectivity index is 1.62. The van der Waals surface area contributed by atoms with Gasteiger partial charge in [0, 0.05) is 24.8 Å². The van der Waals surface area contributed by atoms with Crippen molar-refractivity contribution in [2.24, 2.45) is 17.6 Å². The average molecular weight is 363 g/mol. The van der Waals surface area contributed by atoms with Crippen molar-refractivity contribution in [1.82, 2.24) is 9.80 Å². The van der Waals surface area contributed by atoms with E-state index in [1.54, 1.807) is 16.7 Å². The summed E-state index contributed by atoms with van der Waals surface area (Å²) in [5.41, 5.74) is 5.24. The molecule has 3 unspecified atom stereocenters. The van der Waals surface area contributed by atoms with Crippen LogP contribution in [0.15, 0.2) is 0 Å². The molecule has 3 fully saturated rings. The molecule has 2 aliphatic heterocycles. The third-order valence-electron chi connectivity index (χ3n) is 6.26. The van der Waals surface area contributed by atoms with Crippen molar-refractivity contribution in [3.8, 4) is 0 Å². The molecule has 0 radical (unpaired) electrons. The van der Waals surface area contributed by atoms with Crippen LogP contribution in [0.3, 0.4) is 0 Å². The lowest BCUT2D eigenvalue weighted by molar-refractivity contribution is -0.138. The molecule has 144 valence electrons. The molecule has 1 aliphatic carbocycles. The van der Waals surface area contributed by atoms with Gasteiger partial charge in [0.25, 0.3) is 0 Å². The van der Waals surface area contributed by atoms with Gasteiger partial charge in [0.15, 0.2) is 5.78 Å². The first-order chi connectivity index (χ1) is 12.4. The number of carbonyl (C=O) groups excluding carboxylic acids is 4. The van der Waals surface area contributed by atoms with Gasteiger partial charge in [0.05, 0.1) is 12.6 Å². The Labute approximate surface area is 154 Å². The molecule has 1 saturated carbocycles. The number of fused-ring (bicyclic) bond motifs is 1. The molecule has 0 aromatic heterocycles. The quantitative estimate of drug-likeness (QED) is 0.782. The van der Waals surface area contributed by atoms with Gasteiger partial charge in [-0.15, -0.1) is 0 Å². The van der Waals surface area contributed by atoms with Gasteiger partial charge in [-0.3, -0.25) is 19.2 Å². The third-order valence-corrected chi connectivity index (χ3v) is 6.26. The molecule has 0 spiro atoms. The van der Waals surface area contributed by atoms with Crippen LogP contribution in [-0.2, 0) is 19.2 Å². The second kappa shape index (κ2) is 7.76. The molecule has 3 amide bonds. The number of nitrogens with zero attached hydrogens (tertiary/aromatic N) is 2. The minimum absolute atomic E-state index is 0.0343. The van der Waals surface area contributed by atoms with Crippen LogP contribution < -0.4 is 5.73 Å². The lowest BCUT2D eigenvalue weighted by Gasteiger charge is -2.29. The molecule has 3 atom stereocenters. The lowest BCUT2D eigenvalue weighted by atomic mass is 9.88. The topological polar surface area (TPSA) is 101 Å². The molecule has 0 aromatic carbocycles. The van der Waals surface area contributed by atoms with E-state index in [-0.39, 0.29) is 48.4 Å². The van der Waals surface area contributed by atoms with E-state index >= 15 is 0 Å². The second-order valence-corrected chi connectivity index (χ2v) is 8.00. The highest BCUT2D eigenvalue weighted by molar-refractivity contribution is 5.98. The second-order valence-electron chi connectivity index (χ2n) is 8.00. The minimum Gasteiger partial charge on any atom is -0.369 e. The van der Waals surface area contributed by atoms with Crippen LogP contribution in [0, 0.1) is 11.8 Å². The van der Waals surface area contributed by atoms with E-state index in [0.29, 0.717) is 19.4 Å². The molecule has 2 N–H and O–H groups in total. The van der Waals surface area contributed by atoms with Crippen LogP contribution in [0.4, 0.5) is 0 Å². The summed E-state index contributed by atoms with van der Waals surface area (Å²) in [5, 5.41) is 0. The normalized spacial score (nSPS) is 27.5. The van der Waals surface area contributed by atoms with E-state index in [1.165, 1.54) is 6.42 Å². The molecule has 3 rings (SSSR count). The maximum Gasteiger partial charge on any atom is 0.226 e. The van der Waals surface area contributed by atoms with Gasteiger partial charge in [0.2, 0.25) is 17.7 Å². The fraction of sp³-hybridized carbons (Fsp3) is 0.789. The van der Waals surface area contributed by atoms with E-state index < -0.39 is 11.9 Å². The zero-order valence-corrected chi connectivity index (χ0v) is 15.5. The van der Waals surface area contributed by atoms with Gasteiger partial charge < -0.3 is 15.5 Å². The van der Waals surface area contributed by atoms with Crippen molar-refractivity contribution < 1.29 is 19.2 Å². The summed E-state index contributed by atoms with van der Waals surface area (Å²) in [7, 11) is 0. The van der Waals surface area contributed by atoms with Gasteiger partial charge in [-0.25, -0.2) is 0 Å². The van der Waals surface area contributed by atoms with Crippen LogP contribution in [0.1, 0.15) is 58.3 Å². The number of ketones is 1. The molecular formula is C19H29N3O4. The highest BCUT2D eigenvalue weighted by Gasteiger charge is 2.51. The maximum atomic E-state index is 12.9. The Hall–Kier alpha value is -1.92. The van der Waals surface area contributed by atoms with Gasteiger partial charge in [-0.2, -0.15) is 0 Å². The monoisotopic (exact) mass is 363 g/mol. The van der Waals surface area contributed by atoms with Gasteiger partial charge in [0.1, 0.15) is 6.04 Å². The molecule has 0 bridgehead atoms. The third kappa shape index (κ3) is 3.62.